The van der Waals surface area contributed by atoms with Gasteiger partial charge in [-0.3, -0.25) is 9.59 Å². The first kappa shape index (κ1) is 24.3. The van der Waals surface area contributed by atoms with E-state index in [1.807, 2.05) is 55.5 Å². The van der Waals surface area contributed by atoms with E-state index in [2.05, 4.69) is 10.6 Å². The van der Waals surface area contributed by atoms with Gasteiger partial charge in [-0.1, -0.05) is 61.0 Å². The van der Waals surface area contributed by atoms with Crippen LogP contribution in [0.25, 0.3) is 0 Å². The molecule has 0 aliphatic carbocycles. The summed E-state index contributed by atoms with van der Waals surface area (Å²) < 4.78 is 0. The monoisotopic (exact) mass is 490 g/mol. The predicted molar refractivity (Wildman–Crippen MR) is 138 cm³/mol. The zero-order chi connectivity index (χ0) is 24.9. The molecule has 7 nitrogen and oxygen atoms in total. The fourth-order valence-electron chi connectivity index (χ4n) is 4.47. The molecule has 0 spiro atoms. The van der Waals surface area contributed by atoms with E-state index >= 15 is 0 Å². The summed E-state index contributed by atoms with van der Waals surface area (Å²) in [6.07, 6.45) is 1.12. The Kier molecular flexibility index (Phi) is 7.36. The number of carbonyl (C=O) groups excluding carboxylic acids is 3. The van der Waals surface area contributed by atoms with Crippen LogP contribution in [0.4, 0.5) is 16.2 Å². The Morgan fingerprint density at radius 2 is 1.83 bits per heavy atom. The number of nitrogens with one attached hydrogen (secondary N) is 2. The number of nitrogens with two attached hydrogens (primary N) is 1. The van der Waals surface area contributed by atoms with Gasteiger partial charge < -0.3 is 21.3 Å². The Bertz CT molecular complexity index is 1260. The molecule has 1 aliphatic rings. The lowest BCUT2D eigenvalue weighted by molar-refractivity contribution is -0.123. The molecule has 0 saturated carbocycles. The third-order valence-electron chi connectivity index (χ3n) is 6.10. The van der Waals surface area contributed by atoms with E-state index in [4.69, 9.17) is 17.3 Å². The minimum Gasteiger partial charge on any atom is -0.368 e. The fourth-order valence-corrected chi connectivity index (χ4v) is 4.67. The smallest absolute Gasteiger partial charge is 0.319 e. The molecule has 1 aliphatic heterocycles. The number of hydrogen-bond acceptors (Lipinski definition) is 3. The molecule has 180 valence electrons. The Hall–Kier alpha value is -3.84. The van der Waals surface area contributed by atoms with Crippen LogP contribution < -0.4 is 21.3 Å². The Balaban J connectivity index is 1.69. The van der Waals surface area contributed by atoms with Crippen LogP contribution in [0.3, 0.4) is 0 Å². The summed E-state index contributed by atoms with van der Waals surface area (Å²) in [4.78, 5) is 39.8. The highest BCUT2D eigenvalue weighted by molar-refractivity contribution is 6.30. The number of nitrogens with zero attached hydrogens (tertiary/aromatic N) is 1. The molecule has 2 atom stereocenters. The van der Waals surface area contributed by atoms with Crippen LogP contribution in [-0.2, 0) is 16.0 Å². The van der Waals surface area contributed by atoms with Gasteiger partial charge in [-0.2, -0.15) is 0 Å². The molecule has 0 radical (unpaired) electrons. The first-order valence-electron chi connectivity index (χ1n) is 11.5. The summed E-state index contributed by atoms with van der Waals surface area (Å²) in [5, 5.41) is 6.20. The van der Waals surface area contributed by atoms with Crippen molar-refractivity contribution in [3.63, 3.8) is 0 Å². The minimum atomic E-state index is -0.903. The van der Waals surface area contributed by atoms with Crippen molar-refractivity contribution < 1.29 is 14.4 Å². The second kappa shape index (κ2) is 10.6. The van der Waals surface area contributed by atoms with Crippen LogP contribution in [-0.4, -0.2) is 30.4 Å². The molecule has 4 rings (SSSR count). The highest BCUT2D eigenvalue weighted by Gasteiger charge is 2.37. The molecule has 4 N–H and O–H groups in total. The molecule has 0 fully saturated rings. The highest BCUT2D eigenvalue weighted by atomic mass is 35.5. The molecule has 0 bridgehead atoms. The van der Waals surface area contributed by atoms with Gasteiger partial charge in [0.2, 0.25) is 11.8 Å². The van der Waals surface area contributed by atoms with Crippen molar-refractivity contribution in [3.05, 3.63) is 94.5 Å². The molecule has 1 heterocycles. The predicted octanol–water partition coefficient (Wildman–Crippen LogP) is 4.45. The third kappa shape index (κ3) is 5.63. The Morgan fingerprint density at radius 3 is 2.57 bits per heavy atom. The maximum atomic E-state index is 13.6. The number of para-hydroxylation sites is 1. The Labute approximate surface area is 209 Å². The van der Waals surface area contributed by atoms with Crippen molar-refractivity contribution in [1.29, 1.82) is 0 Å². The van der Waals surface area contributed by atoms with Crippen LogP contribution in [0.5, 0.6) is 0 Å². The van der Waals surface area contributed by atoms with E-state index in [1.54, 1.807) is 24.3 Å². The van der Waals surface area contributed by atoms with Crippen molar-refractivity contribution in [2.45, 2.75) is 31.7 Å². The van der Waals surface area contributed by atoms with Gasteiger partial charge in [-0.15, -0.1) is 0 Å². The number of primary amides is 1. The number of benzene rings is 3. The molecule has 8 heteroatoms. The molecule has 4 amide bonds. The second-order valence-corrected chi connectivity index (χ2v) is 8.93. The van der Waals surface area contributed by atoms with E-state index in [-0.39, 0.29) is 18.9 Å². The van der Waals surface area contributed by atoms with Crippen LogP contribution in [0.1, 0.15) is 36.0 Å². The maximum Gasteiger partial charge on any atom is 0.319 e. The number of urea groups is 1. The summed E-state index contributed by atoms with van der Waals surface area (Å²) >= 11 is 6.28. The summed E-state index contributed by atoms with van der Waals surface area (Å²) in [5.41, 5.74) is 9.54. The Morgan fingerprint density at radius 1 is 1.06 bits per heavy atom. The van der Waals surface area contributed by atoms with Gasteiger partial charge >= 0.3 is 6.03 Å². The molecular formula is C27H27ClN4O3. The summed E-state index contributed by atoms with van der Waals surface area (Å²) in [6.45, 7) is 1.74. The fraction of sp³-hybridized carbons (Fsp3) is 0.222. The normalized spacial score (nSPS) is 17.3. The molecule has 0 aromatic heterocycles. The number of carbonyl (C=O) groups is 3. The molecule has 3 aromatic carbocycles. The zero-order valence-electron chi connectivity index (χ0n) is 19.3. The number of fused-ring (bicyclic) bond motifs is 1. The van der Waals surface area contributed by atoms with Gasteiger partial charge in [0.25, 0.3) is 0 Å². The average Bonchev–Trinajstić information content (AvgIpc) is 2.94. The van der Waals surface area contributed by atoms with Crippen molar-refractivity contribution in [2.75, 3.05) is 16.8 Å². The lowest BCUT2D eigenvalue weighted by Gasteiger charge is -2.25. The molecule has 3 aromatic rings. The quantitative estimate of drug-likeness (QED) is 0.475. The van der Waals surface area contributed by atoms with Crippen LogP contribution in [0.15, 0.2) is 72.8 Å². The van der Waals surface area contributed by atoms with Gasteiger partial charge in [0.15, 0.2) is 0 Å². The molecular weight excluding hydrogens is 464 g/mol. The topological polar surface area (TPSA) is 105 Å². The van der Waals surface area contributed by atoms with E-state index in [0.717, 1.165) is 23.1 Å². The highest BCUT2D eigenvalue weighted by Crippen LogP contribution is 2.39. The lowest BCUT2D eigenvalue weighted by atomic mass is 9.86. The van der Waals surface area contributed by atoms with Crippen molar-refractivity contribution >= 4 is 40.8 Å². The van der Waals surface area contributed by atoms with Crippen LogP contribution in [0.2, 0.25) is 5.02 Å². The van der Waals surface area contributed by atoms with Crippen molar-refractivity contribution in [2.24, 2.45) is 5.73 Å². The molecule has 35 heavy (non-hydrogen) atoms. The number of anilines is 2. The van der Waals surface area contributed by atoms with Gasteiger partial charge in [0.1, 0.15) is 12.6 Å². The van der Waals surface area contributed by atoms with Crippen LogP contribution >= 0.6 is 11.6 Å². The summed E-state index contributed by atoms with van der Waals surface area (Å²) in [6, 6.07) is 20.9. The summed E-state index contributed by atoms with van der Waals surface area (Å²) in [7, 11) is 0. The van der Waals surface area contributed by atoms with E-state index in [1.165, 1.54) is 4.90 Å². The van der Waals surface area contributed by atoms with E-state index < -0.39 is 23.9 Å². The van der Waals surface area contributed by atoms with Crippen molar-refractivity contribution in [3.8, 4) is 0 Å². The first-order valence-corrected chi connectivity index (χ1v) is 11.8. The second-order valence-electron chi connectivity index (χ2n) is 8.50. The number of halogens is 1. The van der Waals surface area contributed by atoms with Gasteiger partial charge in [0, 0.05) is 22.3 Å². The SMILES string of the molecule is CCc1cccc(NC(=O)NC2CC(c3cccc(Cl)c3)c3ccccc3N(CC(N)=O)C2=O)c1. The average molecular weight is 491 g/mol. The van der Waals surface area contributed by atoms with Gasteiger partial charge in [-0.25, -0.2) is 4.79 Å². The molecule has 2 unspecified atom stereocenters. The number of rotatable bonds is 6. The number of hydrogen-bond donors (Lipinski definition) is 3. The van der Waals surface area contributed by atoms with Gasteiger partial charge in [-0.05, 0) is 59.9 Å². The number of aryl methyl sites for hydroxylation is 1. The molecule has 0 saturated heterocycles. The van der Waals surface area contributed by atoms with E-state index in [9.17, 15) is 14.4 Å². The first-order chi connectivity index (χ1) is 16.9. The van der Waals surface area contributed by atoms with Gasteiger partial charge in [0.05, 0.1) is 0 Å². The largest absolute Gasteiger partial charge is 0.368 e. The van der Waals surface area contributed by atoms with Crippen LogP contribution in [0, 0.1) is 0 Å². The third-order valence-corrected chi connectivity index (χ3v) is 6.34. The number of amides is 4. The summed E-state index contributed by atoms with van der Waals surface area (Å²) in [5.74, 6) is -1.30. The lowest BCUT2D eigenvalue weighted by Crippen LogP contribution is -2.51. The minimum absolute atomic E-state index is 0.250. The maximum absolute atomic E-state index is 13.6. The standard InChI is InChI=1S/C27H27ClN4O3/c1-2-17-7-5-10-20(13-17)30-27(35)31-23-15-22(18-8-6-9-19(28)14-18)21-11-3-4-12-24(21)32(26(23)34)16-25(29)33/h3-14,22-23H,2,15-16H2,1H3,(H2,29,33)(H2,30,31,35). The van der Waals surface area contributed by atoms with E-state index in [0.29, 0.717) is 16.4 Å². The zero-order valence-corrected chi connectivity index (χ0v) is 20.1. The van der Waals surface area contributed by atoms with Crippen molar-refractivity contribution in [1.82, 2.24) is 5.32 Å².